The second-order valence-corrected chi connectivity index (χ2v) is 6.88. The van der Waals surface area contributed by atoms with Crippen LogP contribution in [0.4, 0.5) is 0 Å². The fraction of sp³-hybridized carbons (Fsp3) is 0.938. The number of nitriles is 1. The van der Waals surface area contributed by atoms with Crippen molar-refractivity contribution < 1.29 is 5.11 Å². The van der Waals surface area contributed by atoms with Gasteiger partial charge in [-0.2, -0.15) is 5.26 Å². The predicted molar refractivity (Wildman–Crippen MR) is 76.6 cm³/mol. The van der Waals surface area contributed by atoms with E-state index in [4.69, 9.17) is 0 Å². The highest BCUT2D eigenvalue weighted by Gasteiger charge is 2.54. The highest BCUT2D eigenvalue weighted by atomic mass is 16.3. The fourth-order valence-electron chi connectivity index (χ4n) is 4.13. The number of hydrogen-bond donors (Lipinski definition) is 1. The average molecular weight is 264 g/mol. The molecule has 1 heterocycles. The van der Waals surface area contributed by atoms with E-state index in [0.29, 0.717) is 12.0 Å². The lowest BCUT2D eigenvalue weighted by atomic mass is 9.57. The van der Waals surface area contributed by atoms with Crippen LogP contribution < -0.4 is 0 Å². The number of hydrogen-bond acceptors (Lipinski definition) is 3. The summed E-state index contributed by atoms with van der Waals surface area (Å²) in [5.41, 5.74) is -1.27. The molecule has 2 aliphatic rings. The van der Waals surface area contributed by atoms with E-state index in [0.717, 1.165) is 45.1 Å². The van der Waals surface area contributed by atoms with E-state index < -0.39 is 11.0 Å². The summed E-state index contributed by atoms with van der Waals surface area (Å²) in [7, 11) is 2.11. The van der Waals surface area contributed by atoms with Crippen LogP contribution in [0.5, 0.6) is 0 Å². The molecule has 0 aromatic carbocycles. The normalized spacial score (nSPS) is 44.8. The maximum absolute atomic E-state index is 11.2. The van der Waals surface area contributed by atoms with Crippen LogP contribution in [0.1, 0.15) is 58.8 Å². The van der Waals surface area contributed by atoms with Gasteiger partial charge in [-0.3, -0.25) is 0 Å². The third-order valence-electron chi connectivity index (χ3n) is 5.80. The fourth-order valence-corrected chi connectivity index (χ4v) is 4.13. The molecule has 0 bridgehead atoms. The Morgan fingerprint density at radius 1 is 1.37 bits per heavy atom. The molecule has 2 rings (SSSR count). The Balaban J connectivity index is 2.23. The zero-order chi connectivity index (χ0) is 14.1. The van der Waals surface area contributed by atoms with Gasteiger partial charge in [-0.1, -0.05) is 26.2 Å². The van der Waals surface area contributed by atoms with Crippen molar-refractivity contribution in [2.24, 2.45) is 11.3 Å². The SMILES string of the molecule is CCC1CCCC(C#N)(C2(O)CCN(C)C(C)C2)C1. The first-order chi connectivity index (χ1) is 8.96. The van der Waals surface area contributed by atoms with Gasteiger partial charge in [0, 0.05) is 12.6 Å². The van der Waals surface area contributed by atoms with E-state index in [1.165, 1.54) is 6.42 Å². The number of nitrogens with zero attached hydrogens (tertiary/aromatic N) is 2. The minimum atomic E-state index is -0.776. The summed E-state index contributed by atoms with van der Waals surface area (Å²) < 4.78 is 0. The second-order valence-electron chi connectivity index (χ2n) is 6.88. The molecule has 1 aliphatic heterocycles. The average Bonchev–Trinajstić information content (AvgIpc) is 2.43. The van der Waals surface area contributed by atoms with Crippen molar-refractivity contribution in [1.82, 2.24) is 4.90 Å². The van der Waals surface area contributed by atoms with Crippen molar-refractivity contribution in [3.05, 3.63) is 0 Å². The molecule has 4 atom stereocenters. The van der Waals surface area contributed by atoms with E-state index in [9.17, 15) is 10.4 Å². The van der Waals surface area contributed by atoms with Crippen LogP contribution in [0.25, 0.3) is 0 Å². The zero-order valence-electron chi connectivity index (χ0n) is 12.7. The lowest BCUT2D eigenvalue weighted by Crippen LogP contribution is -2.57. The Kier molecular flexibility index (Phi) is 4.23. The highest BCUT2D eigenvalue weighted by Crippen LogP contribution is 2.51. The van der Waals surface area contributed by atoms with Crippen molar-refractivity contribution in [2.45, 2.75) is 70.4 Å². The Bertz CT molecular complexity index is 364. The van der Waals surface area contributed by atoms with Crippen molar-refractivity contribution in [2.75, 3.05) is 13.6 Å². The quantitative estimate of drug-likeness (QED) is 0.834. The molecule has 1 N–H and O–H groups in total. The first-order valence-corrected chi connectivity index (χ1v) is 7.80. The molecule has 1 saturated carbocycles. The largest absolute Gasteiger partial charge is 0.388 e. The van der Waals surface area contributed by atoms with Gasteiger partial charge in [-0.05, 0) is 45.6 Å². The maximum Gasteiger partial charge on any atom is 0.0864 e. The molecule has 0 aromatic rings. The zero-order valence-corrected chi connectivity index (χ0v) is 12.7. The lowest BCUT2D eigenvalue weighted by Gasteiger charge is -2.52. The molecule has 19 heavy (non-hydrogen) atoms. The second kappa shape index (κ2) is 5.42. The first-order valence-electron chi connectivity index (χ1n) is 7.80. The molecule has 0 aromatic heterocycles. The minimum Gasteiger partial charge on any atom is -0.388 e. The maximum atomic E-state index is 11.2. The van der Waals surface area contributed by atoms with Gasteiger partial charge in [-0.25, -0.2) is 0 Å². The number of piperidine rings is 1. The number of aliphatic hydroxyl groups is 1. The molecule has 1 aliphatic carbocycles. The summed E-state index contributed by atoms with van der Waals surface area (Å²) in [5, 5.41) is 21.0. The Morgan fingerprint density at radius 3 is 2.68 bits per heavy atom. The summed E-state index contributed by atoms with van der Waals surface area (Å²) in [4.78, 5) is 2.29. The third kappa shape index (κ3) is 2.53. The monoisotopic (exact) mass is 264 g/mol. The summed E-state index contributed by atoms with van der Waals surface area (Å²) in [6.07, 6.45) is 6.73. The van der Waals surface area contributed by atoms with Gasteiger partial charge in [0.1, 0.15) is 0 Å². The van der Waals surface area contributed by atoms with Crippen molar-refractivity contribution in [3.8, 4) is 6.07 Å². The van der Waals surface area contributed by atoms with E-state index in [1.807, 2.05) is 0 Å². The molecule has 1 saturated heterocycles. The first kappa shape index (κ1) is 14.8. The molecule has 0 spiro atoms. The minimum absolute atomic E-state index is 0.367. The van der Waals surface area contributed by atoms with Crippen molar-refractivity contribution in [1.29, 1.82) is 5.26 Å². The standard InChI is InChI=1S/C16H28N2O/c1-4-14-6-5-7-15(11-14,12-17)16(19)8-9-18(3)13(2)10-16/h13-14,19H,4-11H2,1-3H3. The molecule has 0 radical (unpaired) electrons. The van der Waals surface area contributed by atoms with Gasteiger partial charge in [0.2, 0.25) is 0 Å². The highest BCUT2D eigenvalue weighted by molar-refractivity contribution is 5.15. The summed E-state index contributed by atoms with van der Waals surface area (Å²) in [5.74, 6) is 0.618. The van der Waals surface area contributed by atoms with Gasteiger partial charge in [0.05, 0.1) is 17.1 Å². The predicted octanol–water partition coefficient (Wildman–Crippen LogP) is 2.94. The van der Waals surface area contributed by atoms with E-state index in [1.54, 1.807) is 0 Å². The summed E-state index contributed by atoms with van der Waals surface area (Å²) in [6, 6.07) is 2.93. The molecular formula is C16H28N2O. The van der Waals surface area contributed by atoms with Gasteiger partial charge >= 0.3 is 0 Å². The van der Waals surface area contributed by atoms with Crippen LogP contribution in [0.3, 0.4) is 0 Å². The van der Waals surface area contributed by atoms with Crippen LogP contribution in [-0.2, 0) is 0 Å². The summed E-state index contributed by atoms with van der Waals surface area (Å²) in [6.45, 7) is 5.27. The lowest BCUT2D eigenvalue weighted by molar-refractivity contribution is -0.126. The molecule has 3 nitrogen and oxygen atoms in total. The van der Waals surface area contributed by atoms with E-state index in [-0.39, 0.29) is 0 Å². The van der Waals surface area contributed by atoms with Crippen LogP contribution in [0, 0.1) is 22.7 Å². The van der Waals surface area contributed by atoms with Crippen molar-refractivity contribution in [3.63, 3.8) is 0 Å². The number of rotatable bonds is 2. The van der Waals surface area contributed by atoms with Crippen LogP contribution >= 0.6 is 0 Å². The van der Waals surface area contributed by atoms with Gasteiger partial charge in [-0.15, -0.1) is 0 Å². The van der Waals surface area contributed by atoms with E-state index >= 15 is 0 Å². The Hall–Kier alpha value is -0.590. The van der Waals surface area contributed by atoms with Crippen molar-refractivity contribution >= 4 is 0 Å². The van der Waals surface area contributed by atoms with Crippen LogP contribution in [0.2, 0.25) is 0 Å². The summed E-state index contributed by atoms with van der Waals surface area (Å²) >= 11 is 0. The molecule has 2 fully saturated rings. The van der Waals surface area contributed by atoms with Gasteiger partial charge in [0.25, 0.3) is 0 Å². The Labute approximate surface area is 117 Å². The van der Waals surface area contributed by atoms with Crippen LogP contribution in [-0.4, -0.2) is 35.2 Å². The molecular weight excluding hydrogens is 236 g/mol. The molecule has 3 heteroatoms. The third-order valence-corrected chi connectivity index (χ3v) is 5.80. The van der Waals surface area contributed by atoms with Crippen LogP contribution in [0.15, 0.2) is 0 Å². The molecule has 0 amide bonds. The topological polar surface area (TPSA) is 47.3 Å². The van der Waals surface area contributed by atoms with E-state index in [2.05, 4.69) is 31.9 Å². The number of likely N-dealkylation sites (tertiary alicyclic amines) is 1. The molecule has 108 valence electrons. The van der Waals surface area contributed by atoms with Gasteiger partial charge < -0.3 is 10.0 Å². The van der Waals surface area contributed by atoms with Gasteiger partial charge in [0.15, 0.2) is 0 Å². The Morgan fingerprint density at radius 2 is 2.11 bits per heavy atom. The smallest absolute Gasteiger partial charge is 0.0864 e. The molecule has 4 unspecified atom stereocenters.